The Labute approximate surface area is 218 Å². The minimum Gasteiger partial charge on any atom is -0.378 e. The van der Waals surface area contributed by atoms with Crippen LogP contribution in [0.3, 0.4) is 0 Å². The van der Waals surface area contributed by atoms with Crippen LogP contribution in [0.15, 0.2) is 41.4 Å². The van der Waals surface area contributed by atoms with Crippen molar-refractivity contribution in [2.75, 3.05) is 31.6 Å². The third-order valence-electron chi connectivity index (χ3n) is 6.49. The fraction of sp³-hybridized carbons (Fsp3) is 0.423. The Morgan fingerprint density at radius 3 is 2.41 bits per heavy atom. The number of morpholine rings is 1. The van der Waals surface area contributed by atoms with Crippen LogP contribution in [-0.2, 0) is 9.53 Å². The third-order valence-corrected chi connectivity index (χ3v) is 6.71. The molecule has 1 aliphatic heterocycles. The first-order valence-corrected chi connectivity index (χ1v) is 12.6. The van der Waals surface area contributed by atoms with E-state index >= 15 is 0 Å². The zero-order chi connectivity index (χ0) is 26.4. The summed E-state index contributed by atoms with van der Waals surface area (Å²) in [6, 6.07) is 6.45. The van der Waals surface area contributed by atoms with Crippen LogP contribution in [0.1, 0.15) is 42.5 Å². The maximum atomic E-state index is 13.9. The van der Waals surface area contributed by atoms with Gasteiger partial charge in [0.05, 0.1) is 19.3 Å². The number of guanidine groups is 1. The molecule has 0 bridgehead atoms. The highest BCUT2D eigenvalue weighted by atomic mass is 35.5. The van der Waals surface area contributed by atoms with E-state index in [-0.39, 0.29) is 40.1 Å². The second kappa shape index (κ2) is 12.4. The van der Waals surface area contributed by atoms with Gasteiger partial charge in [-0.1, -0.05) is 11.6 Å². The van der Waals surface area contributed by atoms with Crippen molar-refractivity contribution in [1.82, 2.24) is 10.2 Å². The fourth-order valence-electron chi connectivity index (χ4n) is 4.53. The van der Waals surface area contributed by atoms with Crippen LogP contribution in [0.5, 0.6) is 0 Å². The van der Waals surface area contributed by atoms with Gasteiger partial charge in [-0.05, 0) is 68.0 Å². The molecule has 0 spiro atoms. The number of anilines is 1. The first-order chi connectivity index (χ1) is 17.8. The molecule has 1 saturated heterocycles. The summed E-state index contributed by atoms with van der Waals surface area (Å²) in [6.07, 6.45) is 3.45. The summed E-state index contributed by atoms with van der Waals surface area (Å²) in [5, 5.41) is 5.60. The lowest BCUT2D eigenvalue weighted by Crippen LogP contribution is -2.41. The molecule has 0 unspecified atom stereocenters. The van der Waals surface area contributed by atoms with Crippen molar-refractivity contribution in [2.45, 2.75) is 38.1 Å². The average molecular weight is 537 g/mol. The number of hydrogen-bond acceptors (Lipinski definition) is 4. The van der Waals surface area contributed by atoms with Crippen LogP contribution in [-0.4, -0.2) is 55.0 Å². The Morgan fingerprint density at radius 2 is 1.73 bits per heavy atom. The number of carbonyl (C=O) groups is 2. The first-order valence-electron chi connectivity index (χ1n) is 12.2. The molecule has 1 heterocycles. The van der Waals surface area contributed by atoms with E-state index in [1.54, 1.807) is 0 Å². The highest BCUT2D eigenvalue weighted by Gasteiger charge is 2.26. The highest BCUT2D eigenvalue weighted by Crippen LogP contribution is 2.29. The minimum atomic E-state index is -1.15. The predicted octanol–water partition coefficient (Wildman–Crippen LogP) is 4.76. The molecule has 1 aliphatic carbocycles. The number of benzene rings is 2. The van der Waals surface area contributed by atoms with Crippen LogP contribution >= 0.6 is 11.6 Å². The van der Waals surface area contributed by atoms with Crippen LogP contribution in [0.2, 0.25) is 5.02 Å². The summed E-state index contributed by atoms with van der Waals surface area (Å²) < 4.78 is 46.1. The molecule has 0 radical (unpaired) electrons. The van der Waals surface area contributed by atoms with Gasteiger partial charge in [0, 0.05) is 35.8 Å². The molecule has 2 N–H and O–H groups in total. The van der Waals surface area contributed by atoms with Gasteiger partial charge in [-0.15, -0.1) is 0 Å². The number of halogens is 4. The molecule has 2 aromatic carbocycles. The molecular weight excluding hydrogens is 509 g/mol. The van der Waals surface area contributed by atoms with Crippen LogP contribution in [0.25, 0.3) is 0 Å². The summed E-state index contributed by atoms with van der Waals surface area (Å²) in [5.74, 6) is -3.09. The summed E-state index contributed by atoms with van der Waals surface area (Å²) in [4.78, 5) is 31.8. The molecule has 37 heavy (non-hydrogen) atoms. The number of rotatable bonds is 5. The quantitative estimate of drug-likeness (QED) is 0.426. The van der Waals surface area contributed by atoms with E-state index in [9.17, 15) is 22.8 Å². The fourth-order valence-corrected chi connectivity index (χ4v) is 4.75. The standard InChI is InChI=1S/C26H28ClF3N4O3/c27-18-13-19(28)15-21(14-18)32-26(33-25(36)17-3-6-22(29)23(30)12-17)31-20-4-1-16(2-5-20)11-24(35)34-7-9-37-10-8-34/h3,6,12-16,20H,1-2,4-5,7-11H2,(H2,31,32,33,36). The van der Waals surface area contributed by atoms with Crippen molar-refractivity contribution in [1.29, 1.82) is 0 Å². The van der Waals surface area contributed by atoms with E-state index in [0.717, 1.165) is 37.1 Å². The van der Waals surface area contributed by atoms with Gasteiger partial charge < -0.3 is 15.0 Å². The second-order valence-electron chi connectivity index (χ2n) is 9.22. The maximum absolute atomic E-state index is 13.9. The van der Waals surface area contributed by atoms with E-state index in [0.29, 0.717) is 45.6 Å². The Morgan fingerprint density at radius 1 is 1.00 bits per heavy atom. The zero-order valence-electron chi connectivity index (χ0n) is 20.1. The number of nitrogens with one attached hydrogen (secondary N) is 2. The van der Waals surface area contributed by atoms with Gasteiger partial charge in [-0.25, -0.2) is 18.2 Å². The molecule has 7 nitrogen and oxygen atoms in total. The summed E-state index contributed by atoms with van der Waals surface area (Å²) in [5.41, 5.74) is 0.162. The normalized spacial score (nSPS) is 20.4. The minimum absolute atomic E-state index is 0.0317. The van der Waals surface area contributed by atoms with Crippen LogP contribution in [0, 0.1) is 23.4 Å². The average Bonchev–Trinajstić information content (AvgIpc) is 2.86. The second-order valence-corrected chi connectivity index (χ2v) is 9.65. The molecular formula is C26H28ClF3N4O3. The van der Waals surface area contributed by atoms with Crippen molar-refractivity contribution in [2.24, 2.45) is 10.9 Å². The van der Waals surface area contributed by atoms with Crippen molar-refractivity contribution in [3.63, 3.8) is 0 Å². The number of hydrogen-bond donors (Lipinski definition) is 2. The van der Waals surface area contributed by atoms with E-state index < -0.39 is 23.4 Å². The summed E-state index contributed by atoms with van der Waals surface area (Å²) >= 11 is 5.95. The van der Waals surface area contributed by atoms with Gasteiger partial charge in [0.2, 0.25) is 11.9 Å². The lowest BCUT2D eigenvalue weighted by molar-refractivity contribution is -0.136. The van der Waals surface area contributed by atoms with E-state index in [1.807, 2.05) is 4.90 Å². The van der Waals surface area contributed by atoms with Gasteiger partial charge in [0.1, 0.15) is 5.82 Å². The molecule has 11 heteroatoms. The van der Waals surface area contributed by atoms with Crippen molar-refractivity contribution in [3.8, 4) is 0 Å². The summed E-state index contributed by atoms with van der Waals surface area (Å²) in [6.45, 7) is 2.37. The highest BCUT2D eigenvalue weighted by molar-refractivity contribution is 6.31. The Bertz CT molecular complexity index is 1150. The lowest BCUT2D eigenvalue weighted by Gasteiger charge is -2.31. The van der Waals surface area contributed by atoms with E-state index in [1.165, 1.54) is 12.1 Å². The van der Waals surface area contributed by atoms with Gasteiger partial charge >= 0.3 is 0 Å². The number of nitrogens with zero attached hydrogens (tertiary/aromatic N) is 2. The molecule has 0 atom stereocenters. The molecule has 2 aliphatic rings. The molecule has 2 fully saturated rings. The SMILES string of the molecule is O=C(NC(=NC1CCC(CC(=O)N2CCOCC2)CC1)Nc1cc(F)cc(Cl)c1)c1ccc(F)c(F)c1. The molecule has 0 aromatic heterocycles. The summed E-state index contributed by atoms with van der Waals surface area (Å²) in [7, 11) is 0. The monoisotopic (exact) mass is 536 g/mol. The number of aliphatic imine (C=N–C) groups is 1. The van der Waals surface area contributed by atoms with Gasteiger partial charge in [0.25, 0.3) is 5.91 Å². The van der Waals surface area contributed by atoms with Gasteiger partial charge in [-0.2, -0.15) is 0 Å². The van der Waals surface area contributed by atoms with Crippen molar-refractivity contribution >= 4 is 35.1 Å². The molecule has 2 amide bonds. The molecule has 2 aromatic rings. The number of ether oxygens (including phenoxy) is 1. The van der Waals surface area contributed by atoms with Crippen molar-refractivity contribution < 1.29 is 27.5 Å². The number of amides is 2. The molecule has 198 valence electrons. The molecule has 1 saturated carbocycles. The first kappa shape index (κ1) is 26.9. The third kappa shape index (κ3) is 7.69. The Balaban J connectivity index is 1.43. The smallest absolute Gasteiger partial charge is 0.258 e. The van der Waals surface area contributed by atoms with Gasteiger partial charge in [-0.3, -0.25) is 14.9 Å². The van der Waals surface area contributed by atoms with E-state index in [4.69, 9.17) is 16.3 Å². The Kier molecular flexibility index (Phi) is 9.04. The predicted molar refractivity (Wildman–Crippen MR) is 134 cm³/mol. The van der Waals surface area contributed by atoms with Gasteiger partial charge in [0.15, 0.2) is 11.6 Å². The van der Waals surface area contributed by atoms with E-state index in [2.05, 4.69) is 15.6 Å². The van der Waals surface area contributed by atoms with Crippen molar-refractivity contribution in [3.05, 3.63) is 64.4 Å². The molecule has 4 rings (SSSR count). The topological polar surface area (TPSA) is 83.0 Å². The van der Waals surface area contributed by atoms with Crippen LogP contribution in [0.4, 0.5) is 18.9 Å². The van der Waals surface area contributed by atoms with Crippen LogP contribution < -0.4 is 10.6 Å². The lowest BCUT2D eigenvalue weighted by atomic mass is 9.84. The largest absolute Gasteiger partial charge is 0.378 e. The number of carbonyl (C=O) groups excluding carboxylic acids is 2. The zero-order valence-corrected chi connectivity index (χ0v) is 20.9. The maximum Gasteiger partial charge on any atom is 0.258 e. The Hall–Kier alpha value is -3.11.